The van der Waals surface area contributed by atoms with Gasteiger partial charge >= 0.3 is 0 Å². The molecule has 0 spiro atoms. The van der Waals surface area contributed by atoms with Gasteiger partial charge in [-0.3, -0.25) is 14.5 Å². The monoisotopic (exact) mass is 458 g/mol. The van der Waals surface area contributed by atoms with E-state index in [0.717, 1.165) is 11.1 Å². The van der Waals surface area contributed by atoms with Crippen molar-refractivity contribution in [3.05, 3.63) is 83.6 Å². The molecule has 8 nitrogen and oxygen atoms in total. The van der Waals surface area contributed by atoms with Gasteiger partial charge in [-0.1, -0.05) is 30.3 Å². The first kappa shape index (κ1) is 21.4. The van der Waals surface area contributed by atoms with Crippen molar-refractivity contribution < 1.29 is 28.5 Å². The zero-order valence-corrected chi connectivity index (χ0v) is 18.4. The van der Waals surface area contributed by atoms with Crippen LogP contribution in [0.2, 0.25) is 0 Å². The Morgan fingerprint density at radius 2 is 1.82 bits per heavy atom. The second kappa shape index (κ2) is 9.19. The molecule has 172 valence electrons. The first-order chi connectivity index (χ1) is 16.6. The maximum atomic E-state index is 13.3. The van der Waals surface area contributed by atoms with Crippen LogP contribution in [-0.4, -0.2) is 32.3 Å². The molecule has 1 N–H and O–H groups in total. The first-order valence-electron chi connectivity index (χ1n) is 10.7. The predicted octanol–water partition coefficient (Wildman–Crippen LogP) is 3.51. The summed E-state index contributed by atoms with van der Waals surface area (Å²) in [7, 11) is 1.59. The summed E-state index contributed by atoms with van der Waals surface area (Å²) in [6, 6.07) is 19.9. The Hall–Kier alpha value is -4.46. The highest BCUT2D eigenvalue weighted by atomic mass is 16.7. The zero-order valence-electron chi connectivity index (χ0n) is 18.4. The highest BCUT2D eigenvalue weighted by molar-refractivity contribution is 6.12. The highest BCUT2D eigenvalue weighted by Crippen LogP contribution is 2.36. The minimum atomic E-state index is -0.396. The number of rotatable bonds is 6. The summed E-state index contributed by atoms with van der Waals surface area (Å²) in [5.74, 6) is 1.99. The lowest BCUT2D eigenvalue weighted by Crippen LogP contribution is -2.44. The summed E-state index contributed by atoms with van der Waals surface area (Å²) in [6.45, 7) is 0.337. The molecule has 0 fully saturated rings. The van der Waals surface area contributed by atoms with Crippen LogP contribution < -0.4 is 29.2 Å². The molecule has 8 heteroatoms. The minimum Gasteiger partial charge on any atom is -0.497 e. The molecular formula is C26H22N2O6. The van der Waals surface area contributed by atoms with E-state index in [9.17, 15) is 9.59 Å². The SMILES string of the molecule is COc1ccc(/C=C2/Oc3ccccc3N(CC(=O)NCc3ccc4c(c3)OCO4)C2=O)cc1. The van der Waals surface area contributed by atoms with Crippen molar-refractivity contribution in [2.75, 3.05) is 25.3 Å². The van der Waals surface area contributed by atoms with Gasteiger partial charge < -0.3 is 24.3 Å². The molecule has 2 amide bonds. The van der Waals surface area contributed by atoms with E-state index in [1.54, 1.807) is 43.5 Å². The molecule has 0 aliphatic carbocycles. The molecule has 2 heterocycles. The van der Waals surface area contributed by atoms with Gasteiger partial charge in [-0.25, -0.2) is 0 Å². The second-order valence-electron chi connectivity index (χ2n) is 7.71. The Labute approximate surface area is 196 Å². The van der Waals surface area contributed by atoms with Crippen LogP contribution in [0.15, 0.2) is 72.5 Å². The lowest BCUT2D eigenvalue weighted by Gasteiger charge is -2.30. The molecule has 5 rings (SSSR count). The summed E-state index contributed by atoms with van der Waals surface area (Å²) >= 11 is 0. The summed E-state index contributed by atoms with van der Waals surface area (Å²) in [6.07, 6.45) is 1.65. The van der Waals surface area contributed by atoms with E-state index in [0.29, 0.717) is 35.2 Å². The van der Waals surface area contributed by atoms with Crippen molar-refractivity contribution in [1.82, 2.24) is 5.32 Å². The zero-order chi connectivity index (χ0) is 23.5. The lowest BCUT2D eigenvalue weighted by molar-refractivity contribution is -0.123. The van der Waals surface area contributed by atoms with Crippen molar-refractivity contribution in [1.29, 1.82) is 0 Å². The van der Waals surface area contributed by atoms with Crippen molar-refractivity contribution in [2.24, 2.45) is 0 Å². The fourth-order valence-electron chi connectivity index (χ4n) is 3.72. The van der Waals surface area contributed by atoms with Crippen LogP contribution in [0.5, 0.6) is 23.0 Å². The van der Waals surface area contributed by atoms with E-state index in [2.05, 4.69) is 5.32 Å². The maximum absolute atomic E-state index is 13.3. The summed E-state index contributed by atoms with van der Waals surface area (Å²) < 4.78 is 21.7. The summed E-state index contributed by atoms with van der Waals surface area (Å²) in [5.41, 5.74) is 2.18. The predicted molar refractivity (Wildman–Crippen MR) is 125 cm³/mol. The maximum Gasteiger partial charge on any atom is 0.294 e. The van der Waals surface area contributed by atoms with Crippen LogP contribution in [0.25, 0.3) is 6.08 Å². The van der Waals surface area contributed by atoms with E-state index in [1.165, 1.54) is 4.90 Å². The van der Waals surface area contributed by atoms with E-state index < -0.39 is 5.91 Å². The Bertz CT molecular complexity index is 1270. The van der Waals surface area contributed by atoms with Gasteiger partial charge in [-0.15, -0.1) is 0 Å². The number of carbonyl (C=O) groups is 2. The number of methoxy groups -OCH3 is 1. The Morgan fingerprint density at radius 3 is 2.65 bits per heavy atom. The average molecular weight is 458 g/mol. The van der Waals surface area contributed by atoms with E-state index >= 15 is 0 Å². The third-order valence-corrected chi connectivity index (χ3v) is 5.47. The number of amides is 2. The third-order valence-electron chi connectivity index (χ3n) is 5.47. The first-order valence-corrected chi connectivity index (χ1v) is 10.7. The number of ether oxygens (including phenoxy) is 4. The van der Waals surface area contributed by atoms with Crippen LogP contribution in [-0.2, 0) is 16.1 Å². The molecule has 0 radical (unpaired) electrons. The minimum absolute atomic E-state index is 0.132. The number of nitrogens with zero attached hydrogens (tertiary/aromatic N) is 1. The standard InChI is InChI=1S/C26H22N2O6/c1-31-19-9-6-17(7-10-19)12-24-26(30)28(20-4-2-3-5-21(20)34-24)15-25(29)27-14-18-8-11-22-23(13-18)33-16-32-22/h2-13H,14-16H2,1H3,(H,27,29)/b24-12+. The molecule has 3 aromatic rings. The Morgan fingerprint density at radius 1 is 1.03 bits per heavy atom. The van der Waals surface area contributed by atoms with Gasteiger partial charge in [0.15, 0.2) is 23.0 Å². The van der Waals surface area contributed by atoms with Gasteiger partial charge in [0.1, 0.15) is 12.3 Å². The Balaban J connectivity index is 1.32. The smallest absolute Gasteiger partial charge is 0.294 e. The molecule has 3 aromatic carbocycles. The number of para-hydroxylation sites is 2. The van der Waals surface area contributed by atoms with Gasteiger partial charge in [-0.2, -0.15) is 0 Å². The van der Waals surface area contributed by atoms with Gasteiger partial charge in [0.25, 0.3) is 5.91 Å². The van der Waals surface area contributed by atoms with Crippen molar-refractivity contribution in [2.45, 2.75) is 6.54 Å². The number of carbonyl (C=O) groups excluding carboxylic acids is 2. The lowest BCUT2D eigenvalue weighted by atomic mass is 10.1. The van der Waals surface area contributed by atoms with Gasteiger partial charge in [0.2, 0.25) is 12.7 Å². The largest absolute Gasteiger partial charge is 0.497 e. The number of anilines is 1. The normalized spacial score (nSPS) is 15.0. The quantitative estimate of drug-likeness (QED) is 0.569. The van der Waals surface area contributed by atoms with Crippen LogP contribution in [0.3, 0.4) is 0 Å². The molecule has 34 heavy (non-hydrogen) atoms. The van der Waals surface area contributed by atoms with Crippen LogP contribution in [0, 0.1) is 0 Å². The summed E-state index contributed by atoms with van der Waals surface area (Å²) in [4.78, 5) is 27.4. The molecule has 0 aromatic heterocycles. The summed E-state index contributed by atoms with van der Waals surface area (Å²) in [5, 5.41) is 2.86. The molecule has 2 aliphatic rings. The number of nitrogens with one attached hydrogen (secondary N) is 1. The van der Waals surface area contributed by atoms with Crippen LogP contribution >= 0.6 is 0 Å². The molecule has 0 unspecified atom stereocenters. The van der Waals surface area contributed by atoms with Crippen molar-refractivity contribution in [3.63, 3.8) is 0 Å². The number of hydrogen-bond donors (Lipinski definition) is 1. The third kappa shape index (κ3) is 4.38. The van der Waals surface area contributed by atoms with Crippen LogP contribution in [0.1, 0.15) is 11.1 Å². The van der Waals surface area contributed by atoms with Gasteiger partial charge in [-0.05, 0) is 53.6 Å². The second-order valence-corrected chi connectivity index (χ2v) is 7.71. The van der Waals surface area contributed by atoms with Crippen molar-refractivity contribution >= 4 is 23.6 Å². The number of hydrogen-bond acceptors (Lipinski definition) is 6. The fraction of sp³-hybridized carbons (Fsp3) is 0.154. The molecule has 0 bridgehead atoms. The fourth-order valence-corrected chi connectivity index (χ4v) is 3.72. The van der Waals surface area contributed by atoms with Gasteiger partial charge in [0, 0.05) is 6.54 Å². The molecular weight excluding hydrogens is 436 g/mol. The highest BCUT2D eigenvalue weighted by Gasteiger charge is 2.31. The molecule has 0 saturated heterocycles. The van der Waals surface area contributed by atoms with Gasteiger partial charge in [0.05, 0.1) is 12.8 Å². The molecule has 2 aliphatic heterocycles. The average Bonchev–Trinajstić information content (AvgIpc) is 3.34. The molecule has 0 atom stereocenters. The van der Waals surface area contributed by atoms with Crippen LogP contribution in [0.4, 0.5) is 5.69 Å². The molecule has 0 saturated carbocycles. The van der Waals surface area contributed by atoms with E-state index in [1.807, 2.05) is 36.4 Å². The topological polar surface area (TPSA) is 86.3 Å². The Kier molecular flexibility index (Phi) is 5.78. The number of benzene rings is 3. The van der Waals surface area contributed by atoms with E-state index in [4.69, 9.17) is 18.9 Å². The van der Waals surface area contributed by atoms with E-state index in [-0.39, 0.29) is 25.0 Å². The number of fused-ring (bicyclic) bond motifs is 2. The van der Waals surface area contributed by atoms with Crippen molar-refractivity contribution in [3.8, 4) is 23.0 Å².